The number of nitrogens with one attached hydrogen (secondary N) is 1. The van der Waals surface area contributed by atoms with Gasteiger partial charge in [0.1, 0.15) is 6.04 Å². The summed E-state index contributed by atoms with van der Waals surface area (Å²) in [5.41, 5.74) is 0.165. The van der Waals surface area contributed by atoms with Crippen LogP contribution in [0.15, 0.2) is 0 Å². The zero-order valence-electron chi connectivity index (χ0n) is 12.6. The van der Waals surface area contributed by atoms with E-state index in [0.29, 0.717) is 6.04 Å². The third-order valence-electron chi connectivity index (χ3n) is 3.52. The molecule has 0 aromatic carbocycles. The summed E-state index contributed by atoms with van der Waals surface area (Å²) < 4.78 is 5.24. The highest BCUT2D eigenvalue weighted by Crippen LogP contribution is 2.18. The van der Waals surface area contributed by atoms with Crippen molar-refractivity contribution in [1.29, 1.82) is 0 Å². The van der Waals surface area contributed by atoms with Gasteiger partial charge in [-0.25, -0.2) is 0 Å². The largest absolute Gasteiger partial charge is 0.462 e. The summed E-state index contributed by atoms with van der Waals surface area (Å²) in [5, 5.41) is 3.38. The highest BCUT2D eigenvalue weighted by atomic mass is 16.5. The quantitative estimate of drug-likeness (QED) is 0.779. The van der Waals surface area contributed by atoms with E-state index < -0.39 is 0 Å². The maximum absolute atomic E-state index is 11.8. The molecule has 0 spiro atoms. The Morgan fingerprint density at radius 2 is 2.00 bits per heavy atom. The van der Waals surface area contributed by atoms with E-state index >= 15 is 0 Å². The average Bonchev–Trinajstić information content (AvgIpc) is 2.63. The number of carbonyl (C=O) groups is 1. The molecule has 0 amide bonds. The molecule has 2 atom stereocenters. The number of likely N-dealkylation sites (N-methyl/N-ethyl adjacent to an activating group) is 1. The molecule has 0 aromatic rings. The van der Waals surface area contributed by atoms with Crippen molar-refractivity contribution in [2.75, 3.05) is 13.6 Å². The average molecular weight is 256 g/mol. The molecule has 1 fully saturated rings. The first-order valence-corrected chi connectivity index (χ1v) is 6.88. The molecule has 4 heteroatoms. The molecule has 1 saturated heterocycles. The highest BCUT2D eigenvalue weighted by molar-refractivity contribution is 5.76. The zero-order valence-corrected chi connectivity index (χ0v) is 12.6. The van der Waals surface area contributed by atoms with Crippen molar-refractivity contribution in [3.8, 4) is 0 Å². The van der Waals surface area contributed by atoms with Crippen LogP contribution < -0.4 is 5.32 Å². The number of nitrogens with zero attached hydrogens (tertiary/aromatic N) is 1. The summed E-state index contributed by atoms with van der Waals surface area (Å²) in [7, 11) is 2.13. The van der Waals surface area contributed by atoms with E-state index in [-0.39, 0.29) is 23.7 Å². The van der Waals surface area contributed by atoms with Gasteiger partial charge in [-0.3, -0.25) is 9.69 Å². The Morgan fingerprint density at radius 3 is 2.50 bits per heavy atom. The van der Waals surface area contributed by atoms with Crippen LogP contribution in [-0.4, -0.2) is 48.2 Å². The normalized spacial score (nSPS) is 24.9. The molecule has 1 N–H and O–H groups in total. The zero-order chi connectivity index (χ0) is 13.9. The number of esters is 1. The second kappa shape index (κ2) is 6.02. The Bertz CT molecular complexity index is 284. The van der Waals surface area contributed by atoms with Crippen LogP contribution >= 0.6 is 0 Å². The summed E-state index contributed by atoms with van der Waals surface area (Å²) in [6.07, 6.45) is 1.89. The van der Waals surface area contributed by atoms with Crippen molar-refractivity contribution < 1.29 is 9.53 Å². The van der Waals surface area contributed by atoms with Gasteiger partial charge in [0.2, 0.25) is 0 Å². The highest BCUT2D eigenvalue weighted by Gasteiger charge is 2.32. The Kier molecular flexibility index (Phi) is 5.17. The maximum atomic E-state index is 11.8. The van der Waals surface area contributed by atoms with Crippen molar-refractivity contribution in [1.82, 2.24) is 10.2 Å². The number of hydrogen-bond acceptors (Lipinski definition) is 4. The molecule has 106 valence electrons. The van der Waals surface area contributed by atoms with Gasteiger partial charge in [0.05, 0.1) is 6.10 Å². The smallest absolute Gasteiger partial charge is 0.323 e. The van der Waals surface area contributed by atoms with Crippen LogP contribution in [0.5, 0.6) is 0 Å². The van der Waals surface area contributed by atoms with Gasteiger partial charge in [-0.15, -0.1) is 0 Å². The van der Waals surface area contributed by atoms with Gasteiger partial charge in [-0.1, -0.05) is 0 Å². The van der Waals surface area contributed by atoms with Crippen molar-refractivity contribution in [3.63, 3.8) is 0 Å². The van der Waals surface area contributed by atoms with Crippen LogP contribution in [0.4, 0.5) is 0 Å². The Morgan fingerprint density at radius 1 is 1.39 bits per heavy atom. The summed E-state index contributed by atoms with van der Waals surface area (Å²) >= 11 is 0. The lowest BCUT2D eigenvalue weighted by molar-refractivity contribution is -0.149. The van der Waals surface area contributed by atoms with Gasteiger partial charge in [0, 0.05) is 18.1 Å². The van der Waals surface area contributed by atoms with Crippen LogP contribution in [0.2, 0.25) is 0 Å². The van der Waals surface area contributed by atoms with Crippen LogP contribution in [0.25, 0.3) is 0 Å². The molecule has 0 saturated carbocycles. The standard InChI is InChI=1S/C14H28N2O2/c1-10(2)18-13(17)12-8-7-11(15-12)9-16(6)14(3,4)5/h10-12,15H,7-9H2,1-6H3. The first-order valence-electron chi connectivity index (χ1n) is 6.88. The van der Waals surface area contributed by atoms with Crippen LogP contribution in [-0.2, 0) is 9.53 Å². The lowest BCUT2D eigenvalue weighted by Crippen LogP contribution is -2.47. The monoisotopic (exact) mass is 256 g/mol. The van der Waals surface area contributed by atoms with Gasteiger partial charge < -0.3 is 10.1 Å². The lowest BCUT2D eigenvalue weighted by atomic mass is 10.1. The molecular weight excluding hydrogens is 228 g/mol. The number of ether oxygens (including phenoxy) is 1. The predicted molar refractivity (Wildman–Crippen MR) is 73.6 cm³/mol. The minimum absolute atomic E-state index is 0.0319. The van der Waals surface area contributed by atoms with Crippen LogP contribution in [0, 0.1) is 0 Å². The summed E-state index contributed by atoms with van der Waals surface area (Å²) in [6, 6.07) is 0.268. The minimum atomic E-state index is -0.120. The molecular formula is C14H28N2O2. The third kappa shape index (κ3) is 4.58. The molecule has 0 aromatic heterocycles. The second-order valence-electron chi connectivity index (χ2n) is 6.53. The number of rotatable bonds is 4. The van der Waals surface area contributed by atoms with E-state index in [1.165, 1.54) is 0 Å². The molecule has 0 radical (unpaired) electrons. The molecule has 1 heterocycles. The van der Waals surface area contributed by atoms with E-state index in [1.807, 2.05) is 13.8 Å². The Balaban J connectivity index is 2.40. The van der Waals surface area contributed by atoms with E-state index in [0.717, 1.165) is 19.4 Å². The third-order valence-corrected chi connectivity index (χ3v) is 3.52. The Hall–Kier alpha value is -0.610. The summed E-state index contributed by atoms with van der Waals surface area (Å²) in [4.78, 5) is 14.1. The summed E-state index contributed by atoms with van der Waals surface area (Å²) in [6.45, 7) is 11.3. The molecule has 1 rings (SSSR count). The number of carbonyl (C=O) groups excluding carboxylic acids is 1. The Labute approximate surface area is 111 Å². The first-order chi connectivity index (χ1) is 8.20. The minimum Gasteiger partial charge on any atom is -0.462 e. The van der Waals surface area contributed by atoms with E-state index in [1.54, 1.807) is 0 Å². The molecule has 1 aliphatic rings. The molecule has 4 nitrogen and oxygen atoms in total. The van der Waals surface area contributed by atoms with Crippen LogP contribution in [0.1, 0.15) is 47.5 Å². The number of hydrogen-bond donors (Lipinski definition) is 1. The maximum Gasteiger partial charge on any atom is 0.323 e. The van der Waals surface area contributed by atoms with Crippen molar-refractivity contribution in [2.24, 2.45) is 0 Å². The molecule has 0 bridgehead atoms. The first kappa shape index (κ1) is 15.4. The molecule has 2 unspecified atom stereocenters. The van der Waals surface area contributed by atoms with Crippen molar-refractivity contribution in [3.05, 3.63) is 0 Å². The van der Waals surface area contributed by atoms with Crippen LogP contribution in [0.3, 0.4) is 0 Å². The SMILES string of the molecule is CC(C)OC(=O)C1CCC(CN(C)C(C)(C)C)N1. The fraction of sp³-hybridized carbons (Fsp3) is 0.929. The molecule has 18 heavy (non-hydrogen) atoms. The van der Waals surface area contributed by atoms with Gasteiger partial charge in [-0.2, -0.15) is 0 Å². The predicted octanol–water partition coefficient (Wildman–Crippen LogP) is 1.79. The fourth-order valence-electron chi connectivity index (χ4n) is 2.07. The van der Waals surface area contributed by atoms with E-state index in [9.17, 15) is 4.79 Å². The van der Waals surface area contributed by atoms with Gasteiger partial charge in [0.15, 0.2) is 0 Å². The van der Waals surface area contributed by atoms with Gasteiger partial charge >= 0.3 is 5.97 Å². The van der Waals surface area contributed by atoms with Crippen molar-refractivity contribution >= 4 is 5.97 Å². The topological polar surface area (TPSA) is 41.6 Å². The van der Waals surface area contributed by atoms with E-state index in [4.69, 9.17) is 4.74 Å². The second-order valence-corrected chi connectivity index (χ2v) is 6.53. The fourth-order valence-corrected chi connectivity index (χ4v) is 2.07. The van der Waals surface area contributed by atoms with Gasteiger partial charge in [-0.05, 0) is 54.5 Å². The molecule has 0 aliphatic carbocycles. The van der Waals surface area contributed by atoms with Crippen molar-refractivity contribution in [2.45, 2.75) is 71.2 Å². The lowest BCUT2D eigenvalue weighted by Gasteiger charge is -2.34. The van der Waals surface area contributed by atoms with E-state index in [2.05, 4.69) is 38.0 Å². The molecule has 1 aliphatic heterocycles. The van der Waals surface area contributed by atoms with Gasteiger partial charge in [0.25, 0.3) is 0 Å². The summed E-state index contributed by atoms with van der Waals surface area (Å²) in [5.74, 6) is -0.106.